The van der Waals surface area contributed by atoms with E-state index in [2.05, 4.69) is 35.1 Å². The molecule has 0 atom stereocenters. The van der Waals surface area contributed by atoms with E-state index in [1.54, 1.807) is 12.1 Å². The van der Waals surface area contributed by atoms with E-state index in [0.29, 0.717) is 17.2 Å². The van der Waals surface area contributed by atoms with Gasteiger partial charge in [-0.1, -0.05) is 26.7 Å². The Bertz CT molecular complexity index is 508. The number of amides is 1. The van der Waals surface area contributed by atoms with Gasteiger partial charge in [0.1, 0.15) is 0 Å². The van der Waals surface area contributed by atoms with Crippen LogP contribution >= 0.6 is 15.9 Å². The first-order valence-corrected chi connectivity index (χ1v) is 8.54. The monoisotopic (exact) mass is 352 g/mol. The number of rotatable bonds is 5. The molecule has 0 heterocycles. The topological polar surface area (TPSA) is 55.1 Å². The van der Waals surface area contributed by atoms with Crippen molar-refractivity contribution in [3.8, 4) is 0 Å². The molecule has 1 aromatic rings. The lowest BCUT2D eigenvalue weighted by Crippen LogP contribution is -2.37. The summed E-state index contributed by atoms with van der Waals surface area (Å²) in [5, 5.41) is 3.13. The molecule has 1 amide bonds. The second-order valence-corrected chi connectivity index (χ2v) is 7.58. The fraction of sp³-hybridized carbons (Fsp3) is 0.588. The van der Waals surface area contributed by atoms with Crippen LogP contribution in [0.1, 0.15) is 56.3 Å². The van der Waals surface area contributed by atoms with Gasteiger partial charge in [0.25, 0.3) is 5.91 Å². The van der Waals surface area contributed by atoms with Crippen molar-refractivity contribution >= 4 is 27.5 Å². The standard InChI is InChI=1S/C17H25BrN2O/c1-12(2)10-17(7-3-4-8-17)11-20-16(21)14-9-13(19)5-6-15(14)18/h5-6,9,12H,3-4,7-8,10-11,19H2,1-2H3,(H,20,21). The molecule has 2 rings (SSSR count). The van der Waals surface area contributed by atoms with Crippen LogP contribution in [0.5, 0.6) is 0 Å². The molecule has 0 bridgehead atoms. The number of halogens is 1. The van der Waals surface area contributed by atoms with Crippen LogP contribution in [0.4, 0.5) is 5.69 Å². The molecule has 1 aliphatic carbocycles. The summed E-state index contributed by atoms with van der Waals surface area (Å²) in [6, 6.07) is 5.34. The van der Waals surface area contributed by atoms with E-state index in [0.717, 1.165) is 11.0 Å². The molecule has 0 aromatic heterocycles. The number of nitrogen functional groups attached to an aromatic ring is 1. The van der Waals surface area contributed by atoms with Crippen LogP contribution in [-0.4, -0.2) is 12.5 Å². The maximum Gasteiger partial charge on any atom is 0.252 e. The van der Waals surface area contributed by atoms with Gasteiger partial charge in [0, 0.05) is 16.7 Å². The Labute approximate surface area is 135 Å². The van der Waals surface area contributed by atoms with Crippen LogP contribution in [0.15, 0.2) is 22.7 Å². The van der Waals surface area contributed by atoms with Crippen molar-refractivity contribution in [2.75, 3.05) is 12.3 Å². The van der Waals surface area contributed by atoms with Gasteiger partial charge in [0.05, 0.1) is 5.56 Å². The highest BCUT2D eigenvalue weighted by molar-refractivity contribution is 9.10. The predicted molar refractivity (Wildman–Crippen MR) is 91.2 cm³/mol. The summed E-state index contributed by atoms with van der Waals surface area (Å²) in [6.45, 7) is 5.29. The lowest BCUT2D eigenvalue weighted by atomic mass is 9.78. The lowest BCUT2D eigenvalue weighted by molar-refractivity contribution is 0.0921. The first-order valence-electron chi connectivity index (χ1n) is 7.75. The summed E-state index contributed by atoms with van der Waals surface area (Å²) in [5.74, 6) is 0.628. The highest BCUT2D eigenvalue weighted by Gasteiger charge is 2.34. The average molecular weight is 353 g/mol. The van der Waals surface area contributed by atoms with Gasteiger partial charge in [-0.3, -0.25) is 4.79 Å². The fourth-order valence-corrected chi connectivity index (χ4v) is 3.95. The van der Waals surface area contributed by atoms with E-state index >= 15 is 0 Å². The lowest BCUT2D eigenvalue weighted by Gasteiger charge is -2.31. The Balaban J connectivity index is 2.03. The van der Waals surface area contributed by atoms with Gasteiger partial charge in [-0.05, 0) is 64.7 Å². The summed E-state index contributed by atoms with van der Waals surface area (Å²) >= 11 is 3.42. The quantitative estimate of drug-likeness (QED) is 0.773. The van der Waals surface area contributed by atoms with Gasteiger partial charge < -0.3 is 11.1 Å². The average Bonchev–Trinajstić information content (AvgIpc) is 2.87. The van der Waals surface area contributed by atoms with E-state index in [1.165, 1.54) is 32.1 Å². The Morgan fingerprint density at radius 1 is 1.38 bits per heavy atom. The number of hydrogen-bond donors (Lipinski definition) is 2. The molecule has 1 fully saturated rings. The minimum atomic E-state index is -0.0378. The van der Waals surface area contributed by atoms with Gasteiger partial charge in [-0.2, -0.15) is 0 Å². The van der Waals surface area contributed by atoms with E-state index < -0.39 is 0 Å². The van der Waals surface area contributed by atoms with Crippen LogP contribution in [0.25, 0.3) is 0 Å². The van der Waals surface area contributed by atoms with E-state index in [4.69, 9.17) is 5.73 Å². The number of carbonyl (C=O) groups excluding carboxylic acids is 1. The smallest absolute Gasteiger partial charge is 0.252 e. The third-order valence-corrected chi connectivity index (χ3v) is 5.06. The number of nitrogens with two attached hydrogens (primary N) is 1. The minimum absolute atomic E-state index is 0.0378. The molecule has 4 heteroatoms. The van der Waals surface area contributed by atoms with Gasteiger partial charge in [-0.25, -0.2) is 0 Å². The Morgan fingerprint density at radius 2 is 2.05 bits per heavy atom. The Hall–Kier alpha value is -1.03. The fourth-order valence-electron chi connectivity index (χ4n) is 3.52. The van der Waals surface area contributed by atoms with Crippen LogP contribution in [-0.2, 0) is 0 Å². The van der Waals surface area contributed by atoms with Gasteiger partial charge in [-0.15, -0.1) is 0 Å². The number of anilines is 1. The highest BCUT2D eigenvalue weighted by Crippen LogP contribution is 2.42. The van der Waals surface area contributed by atoms with E-state index in [9.17, 15) is 4.79 Å². The van der Waals surface area contributed by atoms with E-state index in [1.807, 2.05) is 6.07 Å². The zero-order chi connectivity index (χ0) is 15.5. The van der Waals surface area contributed by atoms with Crippen LogP contribution in [0.2, 0.25) is 0 Å². The van der Waals surface area contributed by atoms with Crippen molar-refractivity contribution in [3.63, 3.8) is 0 Å². The van der Waals surface area contributed by atoms with Crippen molar-refractivity contribution in [1.29, 1.82) is 0 Å². The first kappa shape index (κ1) is 16.3. The largest absolute Gasteiger partial charge is 0.399 e. The minimum Gasteiger partial charge on any atom is -0.399 e. The maximum atomic E-state index is 12.4. The molecule has 3 N–H and O–H groups in total. The van der Waals surface area contributed by atoms with Crippen molar-refractivity contribution in [1.82, 2.24) is 5.32 Å². The van der Waals surface area contributed by atoms with Crippen molar-refractivity contribution < 1.29 is 4.79 Å². The number of carbonyl (C=O) groups is 1. The highest BCUT2D eigenvalue weighted by atomic mass is 79.9. The molecule has 21 heavy (non-hydrogen) atoms. The molecule has 0 unspecified atom stereocenters. The van der Waals surface area contributed by atoms with Crippen LogP contribution in [0.3, 0.4) is 0 Å². The second kappa shape index (κ2) is 6.82. The summed E-state index contributed by atoms with van der Waals surface area (Å²) < 4.78 is 0.790. The van der Waals surface area contributed by atoms with Gasteiger partial charge in [0.15, 0.2) is 0 Å². The van der Waals surface area contributed by atoms with Crippen LogP contribution in [0, 0.1) is 11.3 Å². The van der Waals surface area contributed by atoms with Crippen molar-refractivity contribution in [2.45, 2.75) is 46.0 Å². The molecule has 0 saturated heterocycles. The molecule has 1 saturated carbocycles. The molecule has 3 nitrogen and oxygen atoms in total. The zero-order valence-corrected chi connectivity index (χ0v) is 14.5. The zero-order valence-electron chi connectivity index (χ0n) is 12.9. The number of benzene rings is 1. The molecule has 1 aromatic carbocycles. The molecule has 116 valence electrons. The molecule has 0 aliphatic heterocycles. The molecular formula is C17H25BrN2O. The molecule has 1 aliphatic rings. The third-order valence-electron chi connectivity index (χ3n) is 4.36. The maximum absolute atomic E-state index is 12.4. The third kappa shape index (κ3) is 4.22. The second-order valence-electron chi connectivity index (χ2n) is 6.73. The van der Waals surface area contributed by atoms with Crippen molar-refractivity contribution in [2.24, 2.45) is 11.3 Å². The Morgan fingerprint density at radius 3 is 2.67 bits per heavy atom. The van der Waals surface area contributed by atoms with Gasteiger partial charge >= 0.3 is 0 Å². The molecule has 0 radical (unpaired) electrons. The summed E-state index contributed by atoms with van der Waals surface area (Å²) in [5.41, 5.74) is 7.29. The molecule has 0 spiro atoms. The summed E-state index contributed by atoms with van der Waals surface area (Å²) in [4.78, 5) is 12.4. The summed E-state index contributed by atoms with van der Waals surface area (Å²) in [6.07, 6.45) is 6.20. The normalized spacial score (nSPS) is 17.1. The Kier molecular flexibility index (Phi) is 5.31. The van der Waals surface area contributed by atoms with Gasteiger partial charge in [0.2, 0.25) is 0 Å². The number of hydrogen-bond acceptors (Lipinski definition) is 2. The number of nitrogens with one attached hydrogen (secondary N) is 1. The van der Waals surface area contributed by atoms with Crippen LogP contribution < -0.4 is 11.1 Å². The predicted octanol–water partition coefficient (Wildman–Crippen LogP) is 4.37. The SMILES string of the molecule is CC(C)CC1(CNC(=O)c2cc(N)ccc2Br)CCCC1. The van der Waals surface area contributed by atoms with E-state index in [-0.39, 0.29) is 11.3 Å². The van der Waals surface area contributed by atoms with Crippen molar-refractivity contribution in [3.05, 3.63) is 28.2 Å². The molecular weight excluding hydrogens is 328 g/mol. The first-order chi connectivity index (χ1) is 9.92. The summed E-state index contributed by atoms with van der Waals surface area (Å²) in [7, 11) is 0.